The smallest absolute Gasteiger partial charge is 0.167 e. The number of carbonyl (C=O) groups is 1. The third kappa shape index (κ3) is 3.68. The molecule has 0 radical (unpaired) electrons. The van der Waals surface area contributed by atoms with Crippen LogP contribution in [0.25, 0.3) is 0 Å². The Hall–Kier alpha value is -1.12. The number of carbonyl (C=O) groups excluding carboxylic acids is 1. The van der Waals surface area contributed by atoms with Gasteiger partial charge in [0.05, 0.1) is 0 Å². The van der Waals surface area contributed by atoms with Crippen LogP contribution in [0.2, 0.25) is 5.02 Å². The first kappa shape index (κ1) is 14.3. The van der Waals surface area contributed by atoms with Crippen LogP contribution in [0.5, 0.6) is 0 Å². The van der Waals surface area contributed by atoms with Gasteiger partial charge in [0, 0.05) is 21.5 Å². The SMILES string of the molecule is Cc1cc(Br)cc(C(=O)Cc2ccc(C)cc2Cl)c1. The lowest BCUT2D eigenvalue weighted by atomic mass is 10.0. The fraction of sp³-hybridized carbons (Fsp3) is 0.188. The highest BCUT2D eigenvalue weighted by atomic mass is 79.9. The summed E-state index contributed by atoms with van der Waals surface area (Å²) in [6.45, 7) is 3.95. The third-order valence-electron chi connectivity index (χ3n) is 2.92. The van der Waals surface area contributed by atoms with Gasteiger partial charge in [0.1, 0.15) is 0 Å². The number of benzene rings is 2. The molecule has 0 atom stereocenters. The lowest BCUT2D eigenvalue weighted by Crippen LogP contribution is -2.04. The number of aryl methyl sites for hydroxylation is 2. The molecule has 0 aromatic heterocycles. The van der Waals surface area contributed by atoms with Crippen molar-refractivity contribution >= 4 is 33.3 Å². The van der Waals surface area contributed by atoms with Gasteiger partial charge in [-0.2, -0.15) is 0 Å². The number of rotatable bonds is 3. The molecule has 3 heteroatoms. The quantitative estimate of drug-likeness (QED) is 0.708. The average Bonchev–Trinajstić information content (AvgIpc) is 2.31. The van der Waals surface area contributed by atoms with Crippen LogP contribution in [-0.2, 0) is 6.42 Å². The van der Waals surface area contributed by atoms with E-state index >= 15 is 0 Å². The average molecular weight is 338 g/mol. The normalized spacial score (nSPS) is 10.5. The predicted octanol–water partition coefficient (Wildman–Crippen LogP) is 5.14. The van der Waals surface area contributed by atoms with Gasteiger partial charge in [0.2, 0.25) is 0 Å². The van der Waals surface area contributed by atoms with E-state index < -0.39 is 0 Å². The van der Waals surface area contributed by atoms with Gasteiger partial charge < -0.3 is 0 Å². The van der Waals surface area contributed by atoms with Crippen LogP contribution in [0.3, 0.4) is 0 Å². The fourth-order valence-electron chi connectivity index (χ4n) is 1.97. The number of Topliss-reactive ketones (excluding diaryl/α,β-unsaturated/α-hetero) is 1. The van der Waals surface area contributed by atoms with Crippen molar-refractivity contribution in [1.29, 1.82) is 0 Å². The van der Waals surface area contributed by atoms with Crippen molar-refractivity contribution in [2.45, 2.75) is 20.3 Å². The topological polar surface area (TPSA) is 17.1 Å². The number of halogens is 2. The van der Waals surface area contributed by atoms with Crippen molar-refractivity contribution in [2.75, 3.05) is 0 Å². The Balaban J connectivity index is 2.25. The molecular formula is C16H14BrClO. The van der Waals surface area contributed by atoms with Crippen molar-refractivity contribution in [3.05, 3.63) is 68.1 Å². The highest BCUT2D eigenvalue weighted by molar-refractivity contribution is 9.10. The van der Waals surface area contributed by atoms with Crippen LogP contribution in [-0.4, -0.2) is 5.78 Å². The highest BCUT2D eigenvalue weighted by Gasteiger charge is 2.11. The van der Waals surface area contributed by atoms with Crippen molar-refractivity contribution in [2.24, 2.45) is 0 Å². The van der Waals surface area contributed by atoms with Gasteiger partial charge in [-0.05, 0) is 54.8 Å². The minimum Gasteiger partial charge on any atom is -0.294 e. The predicted molar refractivity (Wildman–Crippen MR) is 83.1 cm³/mol. The van der Waals surface area contributed by atoms with E-state index in [4.69, 9.17) is 11.6 Å². The zero-order valence-electron chi connectivity index (χ0n) is 10.8. The maximum absolute atomic E-state index is 12.3. The van der Waals surface area contributed by atoms with Gasteiger partial charge in [-0.3, -0.25) is 4.79 Å². The van der Waals surface area contributed by atoms with Gasteiger partial charge in [0.15, 0.2) is 5.78 Å². The molecule has 2 aromatic rings. The first-order chi connectivity index (χ1) is 8.95. The fourth-order valence-corrected chi connectivity index (χ4v) is 2.88. The molecule has 2 aromatic carbocycles. The molecule has 0 unspecified atom stereocenters. The molecule has 0 saturated heterocycles. The Morgan fingerprint density at radius 1 is 1.11 bits per heavy atom. The van der Waals surface area contributed by atoms with Crippen LogP contribution in [0.4, 0.5) is 0 Å². The molecule has 0 N–H and O–H groups in total. The van der Waals surface area contributed by atoms with E-state index in [9.17, 15) is 4.79 Å². The number of ketones is 1. The maximum atomic E-state index is 12.3. The molecule has 0 bridgehead atoms. The molecule has 1 nitrogen and oxygen atoms in total. The Morgan fingerprint density at radius 3 is 2.47 bits per heavy atom. The molecule has 0 aliphatic rings. The molecule has 0 spiro atoms. The van der Waals surface area contributed by atoms with Crippen LogP contribution >= 0.6 is 27.5 Å². The summed E-state index contributed by atoms with van der Waals surface area (Å²) in [5, 5.41) is 0.653. The summed E-state index contributed by atoms with van der Waals surface area (Å²) in [7, 11) is 0. The highest BCUT2D eigenvalue weighted by Crippen LogP contribution is 2.21. The van der Waals surface area contributed by atoms with E-state index in [1.54, 1.807) is 0 Å². The Morgan fingerprint density at radius 2 is 1.84 bits per heavy atom. The lowest BCUT2D eigenvalue weighted by molar-refractivity contribution is 0.0993. The van der Waals surface area contributed by atoms with Gasteiger partial charge in [0.25, 0.3) is 0 Å². The molecule has 0 aliphatic carbocycles. The Labute approximate surface area is 126 Å². The maximum Gasteiger partial charge on any atom is 0.167 e. The summed E-state index contributed by atoms with van der Waals surface area (Å²) in [6.07, 6.45) is 0.328. The van der Waals surface area contributed by atoms with Gasteiger partial charge in [-0.15, -0.1) is 0 Å². The first-order valence-electron chi connectivity index (χ1n) is 6.01. The van der Waals surface area contributed by atoms with Gasteiger partial charge in [-0.25, -0.2) is 0 Å². The molecule has 0 aliphatic heterocycles. The van der Waals surface area contributed by atoms with Gasteiger partial charge in [-0.1, -0.05) is 39.7 Å². The minimum atomic E-state index is 0.0788. The number of hydrogen-bond donors (Lipinski definition) is 0. The monoisotopic (exact) mass is 336 g/mol. The Bertz CT molecular complexity index is 614. The van der Waals surface area contributed by atoms with E-state index in [0.29, 0.717) is 17.0 Å². The zero-order chi connectivity index (χ0) is 14.0. The zero-order valence-corrected chi connectivity index (χ0v) is 13.2. The summed E-state index contributed by atoms with van der Waals surface area (Å²) < 4.78 is 0.922. The van der Waals surface area contributed by atoms with E-state index in [-0.39, 0.29) is 5.78 Å². The van der Waals surface area contributed by atoms with E-state index in [2.05, 4.69) is 15.9 Å². The van der Waals surface area contributed by atoms with Crippen LogP contribution in [0.15, 0.2) is 40.9 Å². The largest absolute Gasteiger partial charge is 0.294 e. The standard InChI is InChI=1S/C16H14BrClO/c1-10-3-4-12(15(18)7-10)9-16(19)13-5-11(2)6-14(17)8-13/h3-8H,9H2,1-2H3. The summed E-state index contributed by atoms with van der Waals surface area (Å²) in [6, 6.07) is 11.5. The van der Waals surface area contributed by atoms with Crippen molar-refractivity contribution in [3.8, 4) is 0 Å². The second kappa shape index (κ2) is 5.89. The summed E-state index contributed by atoms with van der Waals surface area (Å²) in [4.78, 5) is 12.3. The van der Waals surface area contributed by atoms with Crippen LogP contribution in [0.1, 0.15) is 27.0 Å². The summed E-state index contributed by atoms with van der Waals surface area (Å²) in [5.41, 5.74) is 3.74. The molecular weight excluding hydrogens is 324 g/mol. The van der Waals surface area contributed by atoms with Crippen molar-refractivity contribution in [3.63, 3.8) is 0 Å². The van der Waals surface area contributed by atoms with Crippen molar-refractivity contribution < 1.29 is 4.79 Å². The first-order valence-corrected chi connectivity index (χ1v) is 7.18. The van der Waals surface area contributed by atoms with Gasteiger partial charge >= 0.3 is 0 Å². The third-order valence-corrected chi connectivity index (χ3v) is 3.73. The minimum absolute atomic E-state index is 0.0788. The second-order valence-corrected chi connectivity index (χ2v) is 6.03. The van der Waals surface area contributed by atoms with E-state index in [1.807, 2.05) is 50.2 Å². The van der Waals surface area contributed by atoms with E-state index in [0.717, 1.165) is 21.2 Å². The molecule has 0 heterocycles. The Kier molecular flexibility index (Phi) is 4.43. The molecule has 0 fully saturated rings. The molecule has 0 saturated carbocycles. The van der Waals surface area contributed by atoms with Crippen LogP contribution < -0.4 is 0 Å². The molecule has 2 rings (SSSR count). The van der Waals surface area contributed by atoms with Crippen LogP contribution in [0, 0.1) is 13.8 Å². The lowest BCUT2D eigenvalue weighted by Gasteiger charge is -2.06. The number of hydrogen-bond acceptors (Lipinski definition) is 1. The second-order valence-electron chi connectivity index (χ2n) is 4.71. The summed E-state index contributed by atoms with van der Waals surface area (Å²) in [5.74, 6) is 0.0788. The van der Waals surface area contributed by atoms with Crippen molar-refractivity contribution in [1.82, 2.24) is 0 Å². The molecule has 19 heavy (non-hydrogen) atoms. The summed E-state index contributed by atoms with van der Waals surface area (Å²) >= 11 is 9.57. The van der Waals surface area contributed by atoms with E-state index in [1.165, 1.54) is 0 Å². The molecule has 98 valence electrons. The molecule has 0 amide bonds.